The van der Waals surface area contributed by atoms with Crippen molar-refractivity contribution in [2.45, 2.75) is 44.1 Å². The molecule has 0 fully saturated rings. The van der Waals surface area contributed by atoms with E-state index in [1.54, 1.807) is 11.4 Å². The number of nitrogens with one attached hydrogen (secondary N) is 2. The summed E-state index contributed by atoms with van der Waals surface area (Å²) in [7, 11) is -3.69. The van der Waals surface area contributed by atoms with Crippen molar-refractivity contribution >= 4 is 27.3 Å². The van der Waals surface area contributed by atoms with Gasteiger partial charge in [-0.15, -0.1) is 11.3 Å². The molecule has 2 heterocycles. The van der Waals surface area contributed by atoms with E-state index in [9.17, 15) is 13.2 Å². The molecule has 2 aromatic heterocycles. The molecule has 1 unspecified atom stereocenters. The first kappa shape index (κ1) is 21.2. The second-order valence-electron chi connectivity index (χ2n) is 6.90. The van der Waals surface area contributed by atoms with Crippen LogP contribution in [-0.2, 0) is 27.9 Å². The number of thiophene rings is 1. The second kappa shape index (κ2) is 8.89. The number of carbonyl (C=O) groups excluding carboxylic acids is 1. The third-order valence-electron chi connectivity index (χ3n) is 4.38. The van der Waals surface area contributed by atoms with Crippen molar-refractivity contribution in [1.29, 1.82) is 0 Å². The molecule has 0 aliphatic rings. The maximum atomic E-state index is 12.3. The molecule has 3 rings (SSSR count). The first-order chi connectivity index (χ1) is 13.7. The van der Waals surface area contributed by atoms with Crippen LogP contribution in [0.25, 0.3) is 0 Å². The Morgan fingerprint density at radius 2 is 1.93 bits per heavy atom. The van der Waals surface area contributed by atoms with Crippen LogP contribution in [0.4, 0.5) is 0 Å². The SMILES string of the molecule is Cc1cc(C)n(Cc2cccc(CNC(=O)C(C)NS(=O)(=O)c3cccs3)c2)n1. The predicted octanol–water partition coefficient (Wildman–Crippen LogP) is 2.59. The lowest BCUT2D eigenvalue weighted by Crippen LogP contribution is -2.44. The van der Waals surface area contributed by atoms with Crippen LogP contribution in [0, 0.1) is 13.8 Å². The van der Waals surface area contributed by atoms with E-state index in [0.717, 1.165) is 33.9 Å². The minimum absolute atomic E-state index is 0.189. The van der Waals surface area contributed by atoms with E-state index >= 15 is 0 Å². The predicted molar refractivity (Wildman–Crippen MR) is 113 cm³/mol. The summed E-state index contributed by atoms with van der Waals surface area (Å²) < 4.78 is 29.0. The highest BCUT2D eigenvalue weighted by molar-refractivity contribution is 7.91. The summed E-state index contributed by atoms with van der Waals surface area (Å²) in [5.41, 5.74) is 4.08. The number of aromatic nitrogens is 2. The van der Waals surface area contributed by atoms with Gasteiger partial charge in [-0.3, -0.25) is 9.48 Å². The number of benzene rings is 1. The highest BCUT2D eigenvalue weighted by atomic mass is 32.2. The molecule has 0 aliphatic heterocycles. The summed E-state index contributed by atoms with van der Waals surface area (Å²) in [5, 5.41) is 8.94. The molecule has 0 aliphatic carbocycles. The number of amides is 1. The Labute approximate surface area is 174 Å². The maximum absolute atomic E-state index is 12.3. The summed E-state index contributed by atoms with van der Waals surface area (Å²) in [6.45, 7) is 6.47. The van der Waals surface area contributed by atoms with Gasteiger partial charge in [0, 0.05) is 12.2 Å². The van der Waals surface area contributed by atoms with E-state index in [-0.39, 0.29) is 10.1 Å². The lowest BCUT2D eigenvalue weighted by atomic mass is 10.1. The Morgan fingerprint density at radius 1 is 1.17 bits per heavy atom. The van der Waals surface area contributed by atoms with Crippen molar-refractivity contribution in [2.75, 3.05) is 0 Å². The van der Waals surface area contributed by atoms with Gasteiger partial charge in [-0.05, 0) is 49.4 Å². The van der Waals surface area contributed by atoms with Crippen LogP contribution >= 0.6 is 11.3 Å². The molecule has 1 atom stereocenters. The molecule has 29 heavy (non-hydrogen) atoms. The number of hydrogen-bond donors (Lipinski definition) is 2. The van der Waals surface area contributed by atoms with Crippen molar-refractivity contribution in [3.8, 4) is 0 Å². The summed E-state index contributed by atoms with van der Waals surface area (Å²) in [4.78, 5) is 12.3. The number of carbonyl (C=O) groups is 1. The van der Waals surface area contributed by atoms with Gasteiger partial charge >= 0.3 is 0 Å². The summed E-state index contributed by atoms with van der Waals surface area (Å²) in [6.07, 6.45) is 0. The zero-order chi connectivity index (χ0) is 21.0. The van der Waals surface area contributed by atoms with Crippen LogP contribution in [-0.4, -0.2) is 30.1 Å². The lowest BCUT2D eigenvalue weighted by Gasteiger charge is -2.14. The van der Waals surface area contributed by atoms with Gasteiger partial charge in [0.2, 0.25) is 5.91 Å². The van der Waals surface area contributed by atoms with Crippen LogP contribution in [0.15, 0.2) is 52.1 Å². The summed E-state index contributed by atoms with van der Waals surface area (Å²) >= 11 is 1.11. The van der Waals surface area contributed by atoms with E-state index in [2.05, 4.69) is 15.1 Å². The topological polar surface area (TPSA) is 93.1 Å². The molecule has 9 heteroatoms. The Hall–Kier alpha value is -2.49. The Balaban J connectivity index is 1.58. The van der Waals surface area contributed by atoms with Crippen molar-refractivity contribution < 1.29 is 13.2 Å². The third kappa shape index (κ3) is 5.53. The minimum atomic E-state index is -3.69. The van der Waals surface area contributed by atoms with Gasteiger partial charge in [-0.25, -0.2) is 8.42 Å². The zero-order valence-electron chi connectivity index (χ0n) is 16.5. The number of aryl methyl sites for hydroxylation is 2. The van der Waals surface area contributed by atoms with Crippen molar-refractivity contribution in [3.05, 3.63) is 70.4 Å². The highest BCUT2D eigenvalue weighted by Gasteiger charge is 2.22. The third-order valence-corrected chi connectivity index (χ3v) is 7.32. The van der Waals surface area contributed by atoms with E-state index in [1.807, 2.05) is 48.9 Å². The molecule has 0 radical (unpaired) electrons. The van der Waals surface area contributed by atoms with E-state index < -0.39 is 16.1 Å². The molecule has 1 aromatic carbocycles. The number of rotatable bonds is 8. The highest BCUT2D eigenvalue weighted by Crippen LogP contribution is 2.16. The van der Waals surface area contributed by atoms with Crippen molar-refractivity contribution in [2.24, 2.45) is 0 Å². The van der Waals surface area contributed by atoms with Gasteiger partial charge in [0.05, 0.1) is 18.3 Å². The van der Waals surface area contributed by atoms with Gasteiger partial charge in [-0.1, -0.05) is 30.3 Å². The first-order valence-corrected chi connectivity index (χ1v) is 11.5. The largest absolute Gasteiger partial charge is 0.351 e. The molecular weight excluding hydrogens is 408 g/mol. The van der Waals surface area contributed by atoms with E-state index in [0.29, 0.717) is 13.1 Å². The number of hydrogen-bond acceptors (Lipinski definition) is 5. The lowest BCUT2D eigenvalue weighted by molar-refractivity contribution is -0.122. The molecule has 0 saturated heterocycles. The van der Waals surface area contributed by atoms with Gasteiger partial charge in [0.15, 0.2) is 0 Å². The second-order valence-corrected chi connectivity index (χ2v) is 9.79. The fourth-order valence-corrected chi connectivity index (χ4v) is 5.16. The van der Waals surface area contributed by atoms with Gasteiger partial charge < -0.3 is 5.32 Å². The maximum Gasteiger partial charge on any atom is 0.250 e. The Kier molecular flexibility index (Phi) is 6.51. The molecule has 7 nitrogen and oxygen atoms in total. The smallest absolute Gasteiger partial charge is 0.250 e. The van der Waals surface area contributed by atoms with Crippen LogP contribution in [0.1, 0.15) is 29.4 Å². The average Bonchev–Trinajstić information content (AvgIpc) is 3.30. The molecule has 1 amide bonds. The molecule has 0 spiro atoms. The quantitative estimate of drug-likeness (QED) is 0.572. The number of nitrogens with zero attached hydrogens (tertiary/aromatic N) is 2. The Bertz CT molecular complexity index is 1090. The fraction of sp³-hybridized carbons (Fsp3) is 0.300. The van der Waals surface area contributed by atoms with Crippen LogP contribution in [0.5, 0.6) is 0 Å². The van der Waals surface area contributed by atoms with E-state index in [1.165, 1.54) is 13.0 Å². The van der Waals surface area contributed by atoms with Crippen molar-refractivity contribution in [1.82, 2.24) is 19.8 Å². The molecule has 154 valence electrons. The average molecular weight is 433 g/mol. The molecule has 3 aromatic rings. The normalized spacial score (nSPS) is 12.7. The van der Waals surface area contributed by atoms with Crippen molar-refractivity contribution in [3.63, 3.8) is 0 Å². The molecular formula is C20H24N4O3S2. The minimum Gasteiger partial charge on any atom is -0.351 e. The van der Waals surface area contributed by atoms with Crippen LogP contribution < -0.4 is 10.0 Å². The van der Waals surface area contributed by atoms with Gasteiger partial charge in [-0.2, -0.15) is 9.82 Å². The molecule has 0 saturated carbocycles. The Morgan fingerprint density at radius 3 is 2.59 bits per heavy atom. The zero-order valence-corrected chi connectivity index (χ0v) is 18.2. The number of sulfonamides is 1. The monoisotopic (exact) mass is 432 g/mol. The molecule has 0 bridgehead atoms. The summed E-state index contributed by atoms with van der Waals surface area (Å²) in [5.74, 6) is -0.380. The van der Waals surface area contributed by atoms with Crippen LogP contribution in [0.2, 0.25) is 0 Å². The fourth-order valence-electron chi connectivity index (χ4n) is 2.95. The van der Waals surface area contributed by atoms with E-state index in [4.69, 9.17) is 0 Å². The van der Waals surface area contributed by atoms with Gasteiger partial charge in [0.25, 0.3) is 10.0 Å². The standard InChI is InChI=1S/C20H24N4O3S2/c1-14-10-15(2)24(22-14)13-18-7-4-6-17(11-18)12-21-20(25)16(3)23-29(26,27)19-8-5-9-28-19/h4-11,16,23H,12-13H2,1-3H3,(H,21,25). The summed E-state index contributed by atoms with van der Waals surface area (Å²) in [6, 6.07) is 12.2. The van der Waals surface area contributed by atoms with Gasteiger partial charge in [0.1, 0.15) is 4.21 Å². The first-order valence-electron chi connectivity index (χ1n) is 9.17. The molecule has 2 N–H and O–H groups in total. The van der Waals surface area contributed by atoms with Crippen LogP contribution in [0.3, 0.4) is 0 Å².